The Morgan fingerprint density at radius 2 is 1.88 bits per heavy atom. The molecule has 0 amide bonds. The van der Waals surface area contributed by atoms with Gasteiger partial charge in [0.05, 0.1) is 23.8 Å². The highest BCUT2D eigenvalue weighted by molar-refractivity contribution is 7.85. The molecular formula is C17H15FN4OS. The van der Waals surface area contributed by atoms with Crippen molar-refractivity contribution >= 4 is 22.5 Å². The lowest BCUT2D eigenvalue weighted by molar-refractivity contribution is 0.631. The SMILES string of the molecule is CS(=O)Nc1ccccc1-c1ccc(-c2cnc(N)cn2)c(F)c1. The van der Waals surface area contributed by atoms with Crippen LogP contribution in [0.4, 0.5) is 15.9 Å². The molecule has 0 fully saturated rings. The molecule has 0 saturated heterocycles. The number of halogens is 1. The predicted octanol–water partition coefficient (Wildman–Crippen LogP) is 3.24. The van der Waals surface area contributed by atoms with Gasteiger partial charge in [-0.25, -0.2) is 13.6 Å². The summed E-state index contributed by atoms with van der Waals surface area (Å²) in [5, 5.41) is 0. The molecule has 0 radical (unpaired) electrons. The Labute approximate surface area is 141 Å². The number of nitrogens with two attached hydrogens (primary N) is 1. The molecule has 0 aliphatic carbocycles. The van der Waals surface area contributed by atoms with E-state index in [0.717, 1.165) is 5.56 Å². The van der Waals surface area contributed by atoms with Crippen molar-refractivity contribution < 1.29 is 8.60 Å². The van der Waals surface area contributed by atoms with E-state index in [9.17, 15) is 8.60 Å². The van der Waals surface area contributed by atoms with E-state index < -0.39 is 16.8 Å². The van der Waals surface area contributed by atoms with Gasteiger partial charge < -0.3 is 10.5 Å². The number of nitrogens with one attached hydrogen (secondary N) is 1. The van der Waals surface area contributed by atoms with Gasteiger partial charge in [-0.1, -0.05) is 24.3 Å². The second-order valence-electron chi connectivity index (χ2n) is 5.12. The lowest BCUT2D eigenvalue weighted by atomic mass is 10.0. The van der Waals surface area contributed by atoms with Crippen LogP contribution in [0.25, 0.3) is 22.4 Å². The quantitative estimate of drug-likeness (QED) is 0.763. The smallest absolute Gasteiger partial charge is 0.141 e. The Hall–Kier alpha value is -2.80. The molecule has 7 heteroatoms. The minimum absolute atomic E-state index is 0.281. The summed E-state index contributed by atoms with van der Waals surface area (Å²) in [4.78, 5) is 8.02. The average Bonchev–Trinajstić information content (AvgIpc) is 2.56. The molecule has 5 nitrogen and oxygen atoms in total. The van der Waals surface area contributed by atoms with Crippen molar-refractivity contribution in [1.82, 2.24) is 9.97 Å². The number of hydrogen-bond acceptors (Lipinski definition) is 4. The van der Waals surface area contributed by atoms with Gasteiger partial charge in [0.25, 0.3) is 0 Å². The van der Waals surface area contributed by atoms with Crippen LogP contribution in [0, 0.1) is 5.82 Å². The summed E-state index contributed by atoms with van der Waals surface area (Å²) in [6.07, 6.45) is 4.36. The van der Waals surface area contributed by atoms with Crippen LogP contribution < -0.4 is 10.5 Å². The number of nitrogens with zero attached hydrogens (tertiary/aromatic N) is 2. The van der Waals surface area contributed by atoms with Gasteiger partial charge in [-0.05, 0) is 23.8 Å². The van der Waals surface area contributed by atoms with E-state index >= 15 is 0 Å². The van der Waals surface area contributed by atoms with E-state index in [0.29, 0.717) is 22.5 Å². The first-order chi connectivity index (χ1) is 11.5. The zero-order valence-electron chi connectivity index (χ0n) is 12.9. The van der Waals surface area contributed by atoms with Crippen LogP contribution in [0.5, 0.6) is 0 Å². The van der Waals surface area contributed by atoms with E-state index in [1.807, 2.05) is 18.2 Å². The van der Waals surface area contributed by atoms with Gasteiger partial charge in [-0.3, -0.25) is 4.98 Å². The maximum atomic E-state index is 14.5. The van der Waals surface area contributed by atoms with E-state index in [1.54, 1.807) is 24.5 Å². The van der Waals surface area contributed by atoms with Crippen molar-refractivity contribution in [2.24, 2.45) is 0 Å². The highest BCUT2D eigenvalue weighted by atomic mass is 32.2. The number of anilines is 2. The minimum atomic E-state index is -1.22. The van der Waals surface area contributed by atoms with E-state index in [1.165, 1.54) is 18.5 Å². The summed E-state index contributed by atoms with van der Waals surface area (Å²) in [5.74, 6) is -0.137. The molecule has 3 N–H and O–H groups in total. The van der Waals surface area contributed by atoms with Crippen molar-refractivity contribution in [3.8, 4) is 22.4 Å². The molecule has 0 saturated carbocycles. The molecule has 122 valence electrons. The molecule has 3 aromatic rings. The predicted molar refractivity (Wildman–Crippen MR) is 95.0 cm³/mol. The van der Waals surface area contributed by atoms with E-state index in [-0.39, 0.29) is 5.82 Å². The van der Waals surface area contributed by atoms with Gasteiger partial charge in [0, 0.05) is 17.4 Å². The summed E-state index contributed by atoms with van der Waals surface area (Å²) in [6.45, 7) is 0. The molecule has 0 aliphatic rings. The van der Waals surface area contributed by atoms with Gasteiger partial charge in [-0.15, -0.1) is 0 Å². The van der Waals surface area contributed by atoms with Crippen LogP contribution in [0.15, 0.2) is 54.9 Å². The van der Waals surface area contributed by atoms with Crippen LogP contribution in [0.3, 0.4) is 0 Å². The lowest BCUT2D eigenvalue weighted by Gasteiger charge is -2.11. The fourth-order valence-corrected chi connectivity index (χ4v) is 2.83. The number of benzene rings is 2. The van der Waals surface area contributed by atoms with Gasteiger partial charge in [0.2, 0.25) is 0 Å². The monoisotopic (exact) mass is 342 g/mol. The van der Waals surface area contributed by atoms with Gasteiger partial charge in [-0.2, -0.15) is 0 Å². The van der Waals surface area contributed by atoms with Gasteiger partial charge >= 0.3 is 0 Å². The highest BCUT2D eigenvalue weighted by Gasteiger charge is 2.11. The molecule has 3 rings (SSSR count). The fraction of sp³-hybridized carbons (Fsp3) is 0.0588. The Bertz CT molecular complexity index is 899. The van der Waals surface area contributed by atoms with Crippen molar-refractivity contribution in [3.05, 3.63) is 60.7 Å². The number of rotatable bonds is 4. The van der Waals surface area contributed by atoms with Crippen molar-refractivity contribution in [2.45, 2.75) is 0 Å². The second kappa shape index (κ2) is 6.76. The van der Waals surface area contributed by atoms with Gasteiger partial charge in [0.1, 0.15) is 22.6 Å². The second-order valence-corrected chi connectivity index (χ2v) is 6.24. The largest absolute Gasteiger partial charge is 0.382 e. The maximum Gasteiger partial charge on any atom is 0.141 e. The van der Waals surface area contributed by atoms with Gasteiger partial charge in [0.15, 0.2) is 0 Å². The zero-order valence-corrected chi connectivity index (χ0v) is 13.7. The Morgan fingerprint density at radius 1 is 1.08 bits per heavy atom. The Kier molecular flexibility index (Phi) is 4.52. The van der Waals surface area contributed by atoms with E-state index in [4.69, 9.17) is 5.73 Å². The topological polar surface area (TPSA) is 80.9 Å². The summed E-state index contributed by atoms with van der Waals surface area (Å²) in [7, 11) is -1.22. The number of hydrogen-bond donors (Lipinski definition) is 2. The summed E-state index contributed by atoms with van der Waals surface area (Å²) in [6, 6.07) is 12.2. The average molecular weight is 342 g/mol. The molecule has 0 aliphatic heterocycles. The third kappa shape index (κ3) is 3.41. The van der Waals surface area contributed by atoms with Crippen LogP contribution in [0.1, 0.15) is 0 Å². The van der Waals surface area contributed by atoms with Crippen molar-refractivity contribution in [1.29, 1.82) is 0 Å². The third-order valence-electron chi connectivity index (χ3n) is 3.41. The number of nitrogen functional groups attached to an aromatic ring is 1. The summed E-state index contributed by atoms with van der Waals surface area (Å²) in [5.41, 5.74) is 8.37. The standard InChI is InChI=1S/C17H15FN4OS/c1-24(23)22-15-5-3-2-4-12(15)11-6-7-13(14(18)8-11)16-9-21-17(19)10-20-16/h2-10,22H,1H3,(H2,19,21). The van der Waals surface area contributed by atoms with Crippen molar-refractivity contribution in [3.63, 3.8) is 0 Å². The molecule has 0 spiro atoms. The van der Waals surface area contributed by atoms with Crippen LogP contribution in [-0.4, -0.2) is 20.4 Å². The molecule has 2 aromatic carbocycles. The summed E-state index contributed by atoms with van der Waals surface area (Å²) < 4.78 is 28.8. The molecule has 1 heterocycles. The van der Waals surface area contributed by atoms with Crippen LogP contribution in [-0.2, 0) is 11.0 Å². The van der Waals surface area contributed by atoms with Crippen LogP contribution in [0.2, 0.25) is 0 Å². The Morgan fingerprint density at radius 3 is 2.54 bits per heavy atom. The molecule has 1 aromatic heterocycles. The highest BCUT2D eigenvalue weighted by Crippen LogP contribution is 2.31. The first-order valence-electron chi connectivity index (χ1n) is 7.11. The molecule has 0 bridgehead atoms. The van der Waals surface area contributed by atoms with E-state index in [2.05, 4.69) is 14.7 Å². The molecule has 1 atom stereocenters. The summed E-state index contributed by atoms with van der Waals surface area (Å²) >= 11 is 0. The molecule has 1 unspecified atom stereocenters. The zero-order chi connectivity index (χ0) is 17.1. The number of para-hydroxylation sites is 1. The first kappa shape index (κ1) is 16.1. The normalized spacial score (nSPS) is 11.9. The number of aromatic nitrogens is 2. The minimum Gasteiger partial charge on any atom is -0.382 e. The first-order valence-corrected chi connectivity index (χ1v) is 8.67. The van der Waals surface area contributed by atoms with Crippen molar-refractivity contribution in [2.75, 3.05) is 16.7 Å². The maximum absolute atomic E-state index is 14.5. The van der Waals surface area contributed by atoms with Crippen LogP contribution >= 0.6 is 0 Å². The molecule has 24 heavy (non-hydrogen) atoms. The third-order valence-corrected chi connectivity index (χ3v) is 3.92. The Balaban J connectivity index is 2.02. The molecular weight excluding hydrogens is 327 g/mol. The lowest BCUT2D eigenvalue weighted by Crippen LogP contribution is -2.02. The fourth-order valence-electron chi connectivity index (χ4n) is 2.35.